The van der Waals surface area contributed by atoms with Gasteiger partial charge in [0.15, 0.2) is 6.23 Å². The molecule has 1 N–H and O–H groups in total. The Balaban J connectivity index is 2.35. The van der Waals surface area contributed by atoms with E-state index in [0.29, 0.717) is 0 Å². The molecule has 1 aliphatic heterocycles. The Morgan fingerprint density at radius 3 is 3.27 bits per heavy atom. The number of carbonyl (C=O) groups excluding carboxylic acids is 1. The van der Waals surface area contributed by atoms with Gasteiger partial charge in [-0.1, -0.05) is 11.6 Å². The molecule has 1 unspecified atom stereocenters. The summed E-state index contributed by atoms with van der Waals surface area (Å²) >= 11 is 0. The zero-order valence-electron chi connectivity index (χ0n) is 8.64. The molecule has 6 heteroatoms. The van der Waals surface area contributed by atoms with Gasteiger partial charge in [0, 0.05) is 11.5 Å². The quantitative estimate of drug-likeness (QED) is 0.251. The molecular weight excluding hydrogens is 196 g/mol. The predicted octanol–water partition coefficient (Wildman–Crippen LogP) is 1.50. The van der Waals surface area contributed by atoms with Crippen molar-refractivity contribution < 1.29 is 9.53 Å². The van der Waals surface area contributed by atoms with Gasteiger partial charge in [0.05, 0.1) is 6.42 Å². The molecule has 6 nitrogen and oxygen atoms in total. The SMILES string of the molecule is CC(N=[N+]=[N-])OC(=O)CC1=CCNCC1. The summed E-state index contributed by atoms with van der Waals surface area (Å²) in [5.74, 6) is -0.344. The van der Waals surface area contributed by atoms with Crippen molar-refractivity contribution in [3.8, 4) is 0 Å². The van der Waals surface area contributed by atoms with Crippen molar-refractivity contribution in [2.24, 2.45) is 5.11 Å². The maximum Gasteiger partial charge on any atom is 0.310 e. The third kappa shape index (κ3) is 4.49. The summed E-state index contributed by atoms with van der Waals surface area (Å²) in [7, 11) is 0. The van der Waals surface area contributed by atoms with Crippen LogP contribution in [0.25, 0.3) is 10.4 Å². The number of esters is 1. The van der Waals surface area contributed by atoms with Crippen LogP contribution in [0.15, 0.2) is 16.8 Å². The van der Waals surface area contributed by atoms with E-state index in [1.807, 2.05) is 6.08 Å². The molecule has 1 aliphatic rings. The van der Waals surface area contributed by atoms with Crippen LogP contribution in [0, 0.1) is 0 Å². The molecule has 0 fully saturated rings. The molecule has 0 aromatic rings. The third-order valence-electron chi connectivity index (χ3n) is 2.05. The molecule has 82 valence electrons. The molecule has 0 radical (unpaired) electrons. The van der Waals surface area contributed by atoms with Gasteiger partial charge < -0.3 is 10.1 Å². The largest absolute Gasteiger partial charge is 0.456 e. The topological polar surface area (TPSA) is 87.1 Å². The summed E-state index contributed by atoms with van der Waals surface area (Å²) in [5.41, 5.74) is 9.19. The Bertz CT molecular complexity index is 307. The summed E-state index contributed by atoms with van der Waals surface area (Å²) in [6.07, 6.45) is 2.41. The van der Waals surface area contributed by atoms with Crippen LogP contribution in [0.3, 0.4) is 0 Å². The van der Waals surface area contributed by atoms with Crippen molar-refractivity contribution in [3.05, 3.63) is 22.1 Å². The van der Waals surface area contributed by atoms with E-state index in [4.69, 9.17) is 10.3 Å². The van der Waals surface area contributed by atoms with Gasteiger partial charge >= 0.3 is 5.97 Å². The molecule has 15 heavy (non-hydrogen) atoms. The fourth-order valence-electron chi connectivity index (χ4n) is 1.34. The lowest BCUT2D eigenvalue weighted by Gasteiger charge is -2.14. The monoisotopic (exact) mass is 210 g/mol. The second-order valence-corrected chi connectivity index (χ2v) is 3.29. The first-order valence-electron chi connectivity index (χ1n) is 4.84. The van der Waals surface area contributed by atoms with Gasteiger partial charge in [-0.15, -0.1) is 0 Å². The number of rotatable bonds is 4. The number of carbonyl (C=O) groups is 1. The molecule has 0 spiro atoms. The van der Waals surface area contributed by atoms with Crippen molar-refractivity contribution >= 4 is 5.97 Å². The maximum atomic E-state index is 11.3. The highest BCUT2D eigenvalue weighted by Gasteiger charge is 2.11. The first-order chi connectivity index (χ1) is 7.22. The molecule has 1 atom stereocenters. The molecule has 1 heterocycles. The summed E-state index contributed by atoms with van der Waals surface area (Å²) < 4.78 is 4.87. The molecule has 0 amide bonds. The van der Waals surface area contributed by atoms with E-state index in [9.17, 15) is 4.79 Å². The Kier molecular flexibility index (Phi) is 4.66. The van der Waals surface area contributed by atoms with E-state index in [0.717, 1.165) is 25.1 Å². The van der Waals surface area contributed by atoms with Gasteiger partial charge in [-0.3, -0.25) is 4.79 Å². The smallest absolute Gasteiger partial charge is 0.310 e. The van der Waals surface area contributed by atoms with Crippen LogP contribution >= 0.6 is 0 Å². The molecule has 0 aliphatic carbocycles. The van der Waals surface area contributed by atoms with Crippen molar-refractivity contribution in [3.63, 3.8) is 0 Å². The Labute approximate surface area is 87.9 Å². The molecule has 0 saturated carbocycles. The highest BCUT2D eigenvalue weighted by Crippen LogP contribution is 2.11. The zero-order chi connectivity index (χ0) is 11.1. The number of nitrogens with zero attached hydrogens (tertiary/aromatic N) is 3. The number of nitrogens with one attached hydrogen (secondary N) is 1. The van der Waals surface area contributed by atoms with Crippen LogP contribution in [-0.4, -0.2) is 25.3 Å². The minimum absolute atomic E-state index is 0.285. The van der Waals surface area contributed by atoms with Crippen LogP contribution in [-0.2, 0) is 9.53 Å². The average Bonchev–Trinajstić information content (AvgIpc) is 2.19. The first kappa shape index (κ1) is 11.6. The van der Waals surface area contributed by atoms with E-state index in [-0.39, 0.29) is 12.4 Å². The van der Waals surface area contributed by atoms with Crippen LogP contribution in [0.2, 0.25) is 0 Å². The molecule has 1 rings (SSSR count). The minimum atomic E-state index is -0.732. The van der Waals surface area contributed by atoms with Crippen molar-refractivity contribution in [2.75, 3.05) is 13.1 Å². The number of hydrogen-bond donors (Lipinski definition) is 1. The normalized spacial score (nSPS) is 17.3. The first-order valence-corrected chi connectivity index (χ1v) is 4.84. The number of ether oxygens (including phenoxy) is 1. The summed E-state index contributed by atoms with van der Waals surface area (Å²) in [6, 6.07) is 0. The molecule has 0 aromatic heterocycles. The van der Waals surface area contributed by atoms with Crippen LogP contribution < -0.4 is 5.32 Å². The lowest BCUT2D eigenvalue weighted by atomic mass is 10.1. The fraction of sp³-hybridized carbons (Fsp3) is 0.667. The average molecular weight is 210 g/mol. The summed E-state index contributed by atoms with van der Waals surface area (Å²) in [5, 5.41) is 6.42. The van der Waals surface area contributed by atoms with Crippen LogP contribution in [0.4, 0.5) is 0 Å². The highest BCUT2D eigenvalue weighted by molar-refractivity contribution is 5.72. The minimum Gasteiger partial charge on any atom is -0.456 e. The predicted molar refractivity (Wildman–Crippen MR) is 54.9 cm³/mol. The summed E-state index contributed by atoms with van der Waals surface area (Å²) in [6.45, 7) is 3.23. The zero-order valence-corrected chi connectivity index (χ0v) is 8.64. The van der Waals surface area contributed by atoms with Gasteiger partial charge in [0.1, 0.15) is 0 Å². The van der Waals surface area contributed by atoms with Gasteiger partial charge in [-0.2, -0.15) is 0 Å². The third-order valence-corrected chi connectivity index (χ3v) is 2.05. The van der Waals surface area contributed by atoms with E-state index < -0.39 is 6.23 Å². The number of hydrogen-bond acceptors (Lipinski definition) is 4. The standard InChI is InChI=1S/C9H14N4O2/c1-7(12-13-10)15-9(14)6-8-2-4-11-5-3-8/h2,7,11H,3-6H2,1H3. The molecule has 0 bridgehead atoms. The Hall–Kier alpha value is -1.52. The van der Waals surface area contributed by atoms with Crippen molar-refractivity contribution in [2.45, 2.75) is 26.0 Å². The van der Waals surface area contributed by atoms with E-state index in [2.05, 4.69) is 15.3 Å². The maximum absolute atomic E-state index is 11.3. The fourth-order valence-corrected chi connectivity index (χ4v) is 1.34. The lowest BCUT2D eigenvalue weighted by molar-refractivity contribution is -0.147. The van der Waals surface area contributed by atoms with E-state index in [1.165, 1.54) is 6.92 Å². The van der Waals surface area contributed by atoms with Crippen molar-refractivity contribution in [1.29, 1.82) is 0 Å². The second-order valence-electron chi connectivity index (χ2n) is 3.29. The number of azide groups is 1. The summed E-state index contributed by atoms with van der Waals surface area (Å²) in [4.78, 5) is 13.9. The van der Waals surface area contributed by atoms with E-state index in [1.54, 1.807) is 0 Å². The van der Waals surface area contributed by atoms with Crippen molar-refractivity contribution in [1.82, 2.24) is 5.32 Å². The lowest BCUT2D eigenvalue weighted by Crippen LogP contribution is -2.22. The Morgan fingerprint density at radius 2 is 2.67 bits per heavy atom. The van der Waals surface area contributed by atoms with Gasteiger partial charge in [-0.05, 0) is 30.5 Å². The second kappa shape index (κ2) is 6.06. The molecule has 0 aromatic carbocycles. The highest BCUT2D eigenvalue weighted by atomic mass is 16.6. The van der Waals surface area contributed by atoms with E-state index >= 15 is 0 Å². The van der Waals surface area contributed by atoms with Crippen LogP contribution in [0.5, 0.6) is 0 Å². The van der Waals surface area contributed by atoms with Crippen LogP contribution in [0.1, 0.15) is 19.8 Å². The van der Waals surface area contributed by atoms with Gasteiger partial charge in [0.2, 0.25) is 0 Å². The Morgan fingerprint density at radius 1 is 1.87 bits per heavy atom. The van der Waals surface area contributed by atoms with Gasteiger partial charge in [0.25, 0.3) is 0 Å². The van der Waals surface area contributed by atoms with Gasteiger partial charge in [-0.25, -0.2) is 0 Å². The molecular formula is C9H14N4O2. The molecule has 0 saturated heterocycles.